The summed E-state index contributed by atoms with van der Waals surface area (Å²) in [7, 11) is 0. The number of aromatic nitrogens is 4. The lowest BCUT2D eigenvalue weighted by Gasteiger charge is -2.21. The quantitative estimate of drug-likeness (QED) is 0.855. The van der Waals surface area contributed by atoms with Crippen LogP contribution in [0.3, 0.4) is 0 Å². The molecule has 0 spiro atoms. The number of aliphatic hydroxyl groups excluding tert-OH is 1. The summed E-state index contributed by atoms with van der Waals surface area (Å²) in [6.07, 6.45) is 1.63. The smallest absolute Gasteiger partial charge is 0.258 e. The molecule has 9 heteroatoms. The van der Waals surface area contributed by atoms with Crippen LogP contribution in [0, 0.1) is 11.8 Å². The zero-order valence-electron chi connectivity index (χ0n) is 12.0. The highest BCUT2D eigenvalue weighted by atomic mass is 35.5. The number of rotatable bonds is 4. The third kappa shape index (κ3) is 2.46. The Labute approximate surface area is 135 Å². The number of halogens is 3. The Morgan fingerprint density at radius 2 is 2.04 bits per heavy atom. The van der Waals surface area contributed by atoms with E-state index in [0.717, 1.165) is 5.56 Å². The number of hydrogen-bond donors (Lipinski definition) is 1. The maximum atomic E-state index is 13.2. The fourth-order valence-corrected chi connectivity index (χ4v) is 3.31. The van der Waals surface area contributed by atoms with E-state index >= 15 is 0 Å². The number of aliphatic hydroxyl groups is 1. The lowest BCUT2D eigenvalue weighted by molar-refractivity contribution is 0.0797. The van der Waals surface area contributed by atoms with Gasteiger partial charge in [-0.1, -0.05) is 22.9 Å². The second-order valence-corrected chi connectivity index (χ2v) is 6.34. The number of piperidine rings is 1. The Morgan fingerprint density at radius 3 is 2.65 bits per heavy atom. The molecule has 1 aliphatic heterocycles. The van der Waals surface area contributed by atoms with E-state index in [2.05, 4.69) is 15.3 Å². The SMILES string of the molecule is OCc1cn(Cc2ccc(N3CC4C(C3)C4(F)F)nc2Cl)nn1. The lowest BCUT2D eigenvalue weighted by Crippen LogP contribution is -2.28. The van der Waals surface area contributed by atoms with E-state index < -0.39 is 17.8 Å². The van der Waals surface area contributed by atoms with Gasteiger partial charge in [-0.25, -0.2) is 18.4 Å². The number of hydrogen-bond acceptors (Lipinski definition) is 5. The molecule has 2 atom stereocenters. The van der Waals surface area contributed by atoms with Crippen LogP contribution in [0.15, 0.2) is 18.3 Å². The lowest BCUT2D eigenvalue weighted by atomic mass is 10.2. The Balaban J connectivity index is 1.47. The summed E-state index contributed by atoms with van der Waals surface area (Å²) in [5.41, 5.74) is 1.22. The second kappa shape index (κ2) is 5.10. The van der Waals surface area contributed by atoms with Crippen molar-refractivity contribution in [3.8, 4) is 0 Å². The Hall–Kier alpha value is -1.80. The minimum atomic E-state index is -2.50. The van der Waals surface area contributed by atoms with Crippen molar-refractivity contribution in [2.75, 3.05) is 18.0 Å². The molecule has 0 radical (unpaired) electrons. The van der Waals surface area contributed by atoms with Gasteiger partial charge in [0.15, 0.2) is 0 Å². The summed E-state index contributed by atoms with van der Waals surface area (Å²) >= 11 is 6.21. The van der Waals surface area contributed by atoms with Gasteiger partial charge in [0.1, 0.15) is 16.7 Å². The average Bonchev–Trinajstić information content (AvgIpc) is 3.00. The third-order valence-corrected chi connectivity index (χ3v) is 4.84. The van der Waals surface area contributed by atoms with Gasteiger partial charge in [0.25, 0.3) is 5.92 Å². The van der Waals surface area contributed by atoms with Gasteiger partial charge in [-0.05, 0) is 6.07 Å². The van der Waals surface area contributed by atoms with Crippen molar-refractivity contribution < 1.29 is 13.9 Å². The van der Waals surface area contributed by atoms with E-state index in [-0.39, 0.29) is 6.61 Å². The van der Waals surface area contributed by atoms with Crippen molar-refractivity contribution in [1.29, 1.82) is 0 Å². The molecule has 1 saturated carbocycles. The Morgan fingerprint density at radius 1 is 1.30 bits per heavy atom. The van der Waals surface area contributed by atoms with Crippen LogP contribution in [0.2, 0.25) is 5.15 Å². The van der Waals surface area contributed by atoms with Gasteiger partial charge in [-0.3, -0.25) is 0 Å². The summed E-state index contributed by atoms with van der Waals surface area (Å²) in [5.74, 6) is -2.97. The van der Waals surface area contributed by atoms with Gasteiger partial charge in [-0.15, -0.1) is 5.10 Å². The predicted octanol–water partition coefficient (Wildman–Crippen LogP) is 1.57. The van der Waals surface area contributed by atoms with E-state index in [1.807, 2.05) is 11.0 Å². The molecule has 122 valence electrons. The number of nitrogens with zero attached hydrogens (tertiary/aromatic N) is 5. The Kier molecular flexibility index (Phi) is 3.28. The predicted molar refractivity (Wildman–Crippen MR) is 78.4 cm³/mol. The van der Waals surface area contributed by atoms with Crippen LogP contribution >= 0.6 is 11.6 Å². The summed E-state index contributed by atoms with van der Waals surface area (Å²) < 4.78 is 28.0. The molecular formula is C14H14ClF2N5O. The first-order valence-electron chi connectivity index (χ1n) is 7.27. The highest BCUT2D eigenvalue weighted by Crippen LogP contribution is 2.59. The van der Waals surface area contributed by atoms with Crippen molar-refractivity contribution in [3.63, 3.8) is 0 Å². The first-order chi connectivity index (χ1) is 11.0. The standard InChI is InChI=1S/C14H14ClF2N5O/c15-13-8(3-22-4-9(7-23)19-20-22)1-2-12(18-13)21-5-10-11(6-21)14(10,16)17/h1-2,4,10-11,23H,3,5-7H2. The van der Waals surface area contributed by atoms with Crippen molar-refractivity contribution in [3.05, 3.63) is 34.7 Å². The Bertz CT molecular complexity index is 739. The molecule has 2 aliphatic rings. The molecule has 0 aromatic carbocycles. The number of pyridine rings is 1. The molecule has 3 heterocycles. The van der Waals surface area contributed by atoms with Crippen molar-refractivity contribution in [2.24, 2.45) is 11.8 Å². The molecule has 2 fully saturated rings. The van der Waals surface area contributed by atoms with E-state index in [1.165, 1.54) is 0 Å². The molecule has 6 nitrogen and oxygen atoms in total. The van der Waals surface area contributed by atoms with Crippen LogP contribution < -0.4 is 4.90 Å². The van der Waals surface area contributed by atoms with Gasteiger partial charge in [0, 0.05) is 18.7 Å². The molecule has 1 aliphatic carbocycles. The fourth-order valence-electron chi connectivity index (χ4n) is 3.11. The van der Waals surface area contributed by atoms with Gasteiger partial charge in [0.05, 0.1) is 31.2 Å². The minimum absolute atomic E-state index is 0.174. The largest absolute Gasteiger partial charge is 0.390 e. The highest BCUT2D eigenvalue weighted by Gasteiger charge is 2.71. The van der Waals surface area contributed by atoms with E-state index in [4.69, 9.17) is 16.7 Å². The van der Waals surface area contributed by atoms with E-state index in [9.17, 15) is 8.78 Å². The monoisotopic (exact) mass is 341 g/mol. The zero-order chi connectivity index (χ0) is 16.2. The van der Waals surface area contributed by atoms with Crippen molar-refractivity contribution >= 4 is 17.4 Å². The number of anilines is 1. The molecule has 1 saturated heterocycles. The molecule has 0 amide bonds. The molecule has 23 heavy (non-hydrogen) atoms. The highest BCUT2D eigenvalue weighted by molar-refractivity contribution is 6.30. The van der Waals surface area contributed by atoms with Gasteiger partial charge in [0.2, 0.25) is 0 Å². The van der Waals surface area contributed by atoms with Crippen molar-refractivity contribution in [2.45, 2.75) is 19.1 Å². The summed E-state index contributed by atoms with van der Waals surface area (Å²) in [4.78, 5) is 6.17. The fraction of sp³-hybridized carbons (Fsp3) is 0.500. The van der Waals surface area contributed by atoms with Gasteiger partial charge >= 0.3 is 0 Å². The van der Waals surface area contributed by atoms with Crippen LogP contribution in [0.25, 0.3) is 0 Å². The van der Waals surface area contributed by atoms with Crippen LogP contribution in [0.1, 0.15) is 11.3 Å². The van der Waals surface area contributed by atoms with Crippen molar-refractivity contribution in [1.82, 2.24) is 20.0 Å². The first-order valence-corrected chi connectivity index (χ1v) is 7.65. The van der Waals surface area contributed by atoms with Crippen LogP contribution in [-0.2, 0) is 13.2 Å². The van der Waals surface area contributed by atoms with Crippen LogP contribution in [0.5, 0.6) is 0 Å². The van der Waals surface area contributed by atoms with Gasteiger partial charge < -0.3 is 10.0 Å². The number of fused-ring (bicyclic) bond motifs is 1. The normalized spacial score (nSPS) is 24.8. The van der Waals surface area contributed by atoms with Gasteiger partial charge in [-0.2, -0.15) is 0 Å². The molecule has 2 aromatic heterocycles. The maximum absolute atomic E-state index is 13.2. The van der Waals surface area contributed by atoms with Crippen LogP contribution in [0.4, 0.5) is 14.6 Å². The maximum Gasteiger partial charge on any atom is 0.258 e. The number of alkyl halides is 2. The topological polar surface area (TPSA) is 67.1 Å². The molecule has 2 aromatic rings. The zero-order valence-corrected chi connectivity index (χ0v) is 12.8. The second-order valence-electron chi connectivity index (χ2n) is 5.98. The third-order valence-electron chi connectivity index (χ3n) is 4.52. The molecule has 4 rings (SSSR count). The summed E-state index contributed by atoms with van der Waals surface area (Å²) in [5, 5.41) is 17.0. The molecule has 2 unspecified atom stereocenters. The van der Waals surface area contributed by atoms with Crippen LogP contribution in [-0.4, -0.2) is 44.1 Å². The summed E-state index contributed by atoms with van der Waals surface area (Å²) in [6, 6.07) is 3.60. The molecular weight excluding hydrogens is 328 g/mol. The minimum Gasteiger partial charge on any atom is -0.390 e. The van der Waals surface area contributed by atoms with E-state index in [0.29, 0.717) is 36.3 Å². The summed E-state index contributed by atoms with van der Waals surface area (Å²) in [6.45, 7) is 0.849. The average molecular weight is 342 g/mol. The first kappa shape index (κ1) is 14.8. The molecule has 0 bridgehead atoms. The molecule has 1 N–H and O–H groups in total. The van der Waals surface area contributed by atoms with E-state index in [1.54, 1.807) is 16.9 Å².